The lowest BCUT2D eigenvalue weighted by molar-refractivity contribution is -0.135. The van der Waals surface area contributed by atoms with Crippen molar-refractivity contribution in [3.8, 4) is 0 Å². The van der Waals surface area contributed by atoms with Gasteiger partial charge in [-0.25, -0.2) is 4.79 Å². The van der Waals surface area contributed by atoms with Gasteiger partial charge in [0, 0.05) is 18.6 Å². The van der Waals surface area contributed by atoms with E-state index in [1.54, 1.807) is 0 Å². The zero-order chi connectivity index (χ0) is 18.2. The van der Waals surface area contributed by atoms with Gasteiger partial charge >= 0.3 is 5.97 Å². The summed E-state index contributed by atoms with van der Waals surface area (Å²) in [6.45, 7) is 0.547. The van der Waals surface area contributed by atoms with Gasteiger partial charge in [0.15, 0.2) is 0 Å². The summed E-state index contributed by atoms with van der Waals surface area (Å²) < 4.78 is 5.10. The number of esters is 1. The second kappa shape index (κ2) is 9.16. The predicted molar refractivity (Wildman–Crippen MR) is 103 cm³/mol. The number of carbonyl (C=O) groups is 1. The van der Waals surface area contributed by atoms with Crippen molar-refractivity contribution in [2.45, 2.75) is 25.7 Å². The maximum Gasteiger partial charge on any atom is 0.334 e. The zero-order valence-corrected chi connectivity index (χ0v) is 14.9. The Kier molecular flexibility index (Phi) is 6.39. The number of aliphatic hydroxyl groups excluding tert-OH is 1. The van der Waals surface area contributed by atoms with Gasteiger partial charge < -0.3 is 9.84 Å². The van der Waals surface area contributed by atoms with Crippen LogP contribution in [0.25, 0.3) is 0 Å². The molecule has 0 atom stereocenters. The Morgan fingerprint density at radius 3 is 2.12 bits per heavy atom. The molecule has 3 rings (SSSR count). The molecule has 26 heavy (non-hydrogen) atoms. The van der Waals surface area contributed by atoms with E-state index in [4.69, 9.17) is 4.74 Å². The lowest BCUT2D eigenvalue weighted by Gasteiger charge is -2.14. The van der Waals surface area contributed by atoms with E-state index in [1.165, 1.54) is 11.1 Å². The van der Waals surface area contributed by atoms with Crippen LogP contribution >= 0.6 is 0 Å². The minimum absolute atomic E-state index is 0.0913. The fourth-order valence-electron chi connectivity index (χ4n) is 3.22. The molecular formula is C23H24O3. The molecule has 0 saturated carbocycles. The van der Waals surface area contributed by atoms with E-state index in [0.29, 0.717) is 19.4 Å². The first-order chi connectivity index (χ1) is 12.8. The molecule has 0 spiro atoms. The van der Waals surface area contributed by atoms with Crippen LogP contribution in [0.2, 0.25) is 0 Å². The molecule has 0 amide bonds. The molecule has 0 bridgehead atoms. The highest BCUT2D eigenvalue weighted by Gasteiger charge is 2.20. The Hall–Kier alpha value is -2.65. The number of hydrogen-bond donors (Lipinski definition) is 1. The maximum absolute atomic E-state index is 11.9. The number of carbonyl (C=O) groups excluding carboxylic acids is 1. The highest BCUT2D eigenvalue weighted by Crippen LogP contribution is 2.24. The molecule has 1 heterocycles. The van der Waals surface area contributed by atoms with Crippen LogP contribution in [0.5, 0.6) is 0 Å². The van der Waals surface area contributed by atoms with Crippen molar-refractivity contribution < 1.29 is 14.6 Å². The second-order valence-electron chi connectivity index (χ2n) is 6.48. The quantitative estimate of drug-likeness (QED) is 0.607. The third kappa shape index (κ3) is 4.93. The minimum Gasteiger partial charge on any atom is -0.462 e. The normalized spacial score (nSPS) is 16.5. The molecule has 134 valence electrons. The molecule has 2 aromatic carbocycles. The van der Waals surface area contributed by atoms with Crippen molar-refractivity contribution in [2.75, 3.05) is 13.2 Å². The van der Waals surface area contributed by atoms with Gasteiger partial charge in [0.1, 0.15) is 0 Å². The predicted octanol–water partition coefficient (Wildman–Crippen LogP) is 4.02. The van der Waals surface area contributed by atoms with Crippen LogP contribution in [-0.2, 0) is 22.4 Å². The van der Waals surface area contributed by atoms with Gasteiger partial charge in [0.2, 0.25) is 0 Å². The third-order valence-electron chi connectivity index (χ3n) is 4.58. The van der Waals surface area contributed by atoms with Crippen molar-refractivity contribution in [1.29, 1.82) is 0 Å². The number of rotatable bonds is 7. The topological polar surface area (TPSA) is 46.5 Å². The van der Waals surface area contributed by atoms with Crippen molar-refractivity contribution in [3.63, 3.8) is 0 Å². The van der Waals surface area contributed by atoms with Crippen LogP contribution in [0, 0.1) is 0 Å². The average Bonchev–Trinajstić information content (AvgIpc) is 3.07. The molecule has 3 heteroatoms. The van der Waals surface area contributed by atoms with E-state index in [2.05, 4.69) is 24.3 Å². The zero-order valence-electron chi connectivity index (χ0n) is 14.9. The largest absolute Gasteiger partial charge is 0.462 e. The molecule has 1 aliphatic heterocycles. The van der Waals surface area contributed by atoms with Gasteiger partial charge in [-0.1, -0.05) is 66.2 Å². The van der Waals surface area contributed by atoms with E-state index in [-0.39, 0.29) is 12.6 Å². The summed E-state index contributed by atoms with van der Waals surface area (Å²) in [7, 11) is 0. The molecule has 1 N–H and O–H groups in total. The molecular weight excluding hydrogens is 324 g/mol. The summed E-state index contributed by atoms with van der Waals surface area (Å²) in [6, 6.07) is 20.4. The lowest BCUT2D eigenvalue weighted by Crippen LogP contribution is -2.03. The van der Waals surface area contributed by atoms with Crippen molar-refractivity contribution in [1.82, 2.24) is 0 Å². The van der Waals surface area contributed by atoms with Crippen molar-refractivity contribution in [2.24, 2.45) is 0 Å². The van der Waals surface area contributed by atoms with Gasteiger partial charge in [-0.05, 0) is 42.0 Å². The van der Waals surface area contributed by atoms with Gasteiger partial charge in [0.05, 0.1) is 6.61 Å². The van der Waals surface area contributed by atoms with Crippen molar-refractivity contribution in [3.05, 3.63) is 94.6 Å². The van der Waals surface area contributed by atoms with Crippen molar-refractivity contribution >= 4 is 5.97 Å². The van der Waals surface area contributed by atoms with E-state index < -0.39 is 0 Å². The van der Waals surface area contributed by atoms with Crippen LogP contribution < -0.4 is 0 Å². The Labute approximate surface area is 154 Å². The summed E-state index contributed by atoms with van der Waals surface area (Å²) >= 11 is 0. The van der Waals surface area contributed by atoms with E-state index in [9.17, 15) is 9.90 Å². The fourth-order valence-corrected chi connectivity index (χ4v) is 3.22. The Morgan fingerprint density at radius 1 is 0.962 bits per heavy atom. The van der Waals surface area contributed by atoms with Gasteiger partial charge in [0.25, 0.3) is 0 Å². The first kappa shape index (κ1) is 18.2. The average molecular weight is 348 g/mol. The fraction of sp³-hybridized carbons (Fsp3) is 0.261. The summed E-state index contributed by atoms with van der Waals surface area (Å²) in [5.74, 6) is -0.223. The molecule has 3 nitrogen and oxygen atoms in total. The van der Waals surface area contributed by atoms with Crippen LogP contribution in [0.4, 0.5) is 0 Å². The Bertz CT molecular complexity index is 789. The molecule has 0 radical (unpaired) electrons. The van der Waals surface area contributed by atoms with Gasteiger partial charge in [-0.3, -0.25) is 0 Å². The summed E-state index contributed by atoms with van der Waals surface area (Å²) in [4.78, 5) is 11.9. The first-order valence-electron chi connectivity index (χ1n) is 9.03. The third-order valence-corrected chi connectivity index (χ3v) is 4.58. The smallest absolute Gasteiger partial charge is 0.334 e. The number of allylic oxidation sites excluding steroid dienone is 2. The second-order valence-corrected chi connectivity index (χ2v) is 6.48. The number of benzene rings is 2. The molecule has 1 aliphatic rings. The number of hydrogen-bond acceptors (Lipinski definition) is 3. The maximum atomic E-state index is 11.9. The summed E-state index contributed by atoms with van der Waals surface area (Å²) in [5, 5.41) is 9.60. The Morgan fingerprint density at radius 2 is 1.58 bits per heavy atom. The highest BCUT2D eigenvalue weighted by molar-refractivity contribution is 5.90. The molecule has 0 aliphatic carbocycles. The molecule has 0 aromatic heterocycles. The molecule has 0 unspecified atom stereocenters. The van der Waals surface area contributed by atoms with Crippen LogP contribution in [0.1, 0.15) is 24.0 Å². The monoisotopic (exact) mass is 348 g/mol. The number of aliphatic hydroxyl groups is 1. The number of ether oxygens (including phenoxy) is 1. The minimum atomic E-state index is -0.223. The van der Waals surface area contributed by atoms with E-state index in [0.717, 1.165) is 29.6 Å². The highest BCUT2D eigenvalue weighted by atomic mass is 16.5. The lowest BCUT2D eigenvalue weighted by atomic mass is 9.92. The van der Waals surface area contributed by atoms with Crippen LogP contribution in [0.3, 0.4) is 0 Å². The molecule has 1 saturated heterocycles. The molecule has 1 fully saturated rings. The first-order valence-corrected chi connectivity index (χ1v) is 9.03. The number of cyclic esters (lactones) is 1. The summed E-state index contributed by atoms with van der Waals surface area (Å²) in [6.07, 6.45) is 4.73. The van der Waals surface area contributed by atoms with E-state index >= 15 is 0 Å². The summed E-state index contributed by atoms with van der Waals surface area (Å²) in [5.41, 5.74) is 5.38. The van der Waals surface area contributed by atoms with Gasteiger partial charge in [-0.15, -0.1) is 0 Å². The SMILES string of the molecule is O=C1OCC/C1=C\C(Cc1ccccc1)=C(\CCO)Cc1ccccc1. The van der Waals surface area contributed by atoms with Gasteiger partial charge in [-0.2, -0.15) is 0 Å². The van der Waals surface area contributed by atoms with Crippen LogP contribution in [0.15, 0.2) is 83.5 Å². The Balaban J connectivity index is 1.98. The van der Waals surface area contributed by atoms with Crippen LogP contribution in [-0.4, -0.2) is 24.3 Å². The molecule has 2 aromatic rings. The standard InChI is InChI=1S/C23H24O3/c24-13-11-20(15-18-7-3-1-4-8-18)22(16-19-9-5-2-6-10-19)17-21-12-14-26-23(21)25/h1-10,17,24H,11-16H2/b21-17+,22-20-. The van der Waals surface area contributed by atoms with E-state index in [1.807, 2.05) is 42.5 Å².